The summed E-state index contributed by atoms with van der Waals surface area (Å²) in [5, 5.41) is 3.43. The molecule has 0 fully saturated rings. The van der Waals surface area contributed by atoms with Gasteiger partial charge in [-0.05, 0) is 44.5 Å². The Morgan fingerprint density at radius 3 is 2.67 bits per heavy atom. The Hall–Kier alpha value is -1.22. The van der Waals surface area contributed by atoms with Gasteiger partial charge in [-0.15, -0.1) is 0 Å². The second-order valence-electron chi connectivity index (χ2n) is 4.55. The molecule has 1 aromatic rings. The maximum Gasteiger partial charge on any atom is 0.142 e. The van der Waals surface area contributed by atoms with Crippen LogP contribution in [-0.2, 0) is 0 Å². The number of para-hydroxylation sites is 2. The summed E-state index contributed by atoms with van der Waals surface area (Å²) in [6.07, 6.45) is 3.63. The quantitative estimate of drug-likeness (QED) is 0.682. The first-order chi connectivity index (χ1) is 8.79. The zero-order valence-corrected chi connectivity index (χ0v) is 11.9. The highest BCUT2D eigenvalue weighted by Gasteiger charge is 2.06. The Balaban J connectivity index is 2.29. The van der Waals surface area contributed by atoms with Gasteiger partial charge in [0, 0.05) is 13.6 Å². The first-order valence-corrected chi connectivity index (χ1v) is 6.84. The SMILES string of the molecule is CCCNCCCCN(C)c1ccccc1OC. The van der Waals surface area contributed by atoms with Crippen molar-refractivity contribution in [2.45, 2.75) is 26.2 Å². The van der Waals surface area contributed by atoms with Crippen molar-refractivity contribution in [2.24, 2.45) is 0 Å². The molecule has 0 heterocycles. The molecule has 0 radical (unpaired) electrons. The van der Waals surface area contributed by atoms with E-state index in [0.717, 1.165) is 25.4 Å². The fraction of sp³-hybridized carbons (Fsp3) is 0.600. The standard InChI is InChI=1S/C15H26N2O/c1-4-11-16-12-7-8-13-17(2)14-9-5-6-10-15(14)18-3/h5-6,9-10,16H,4,7-8,11-13H2,1-3H3. The Kier molecular flexibility index (Phi) is 7.26. The third-order valence-corrected chi connectivity index (χ3v) is 3.02. The van der Waals surface area contributed by atoms with E-state index in [-0.39, 0.29) is 0 Å². The number of anilines is 1. The van der Waals surface area contributed by atoms with Crippen molar-refractivity contribution in [3.63, 3.8) is 0 Å². The Bertz CT molecular complexity index is 328. The van der Waals surface area contributed by atoms with Crippen molar-refractivity contribution in [3.8, 4) is 5.75 Å². The lowest BCUT2D eigenvalue weighted by Gasteiger charge is -2.21. The van der Waals surface area contributed by atoms with Crippen LogP contribution in [0.4, 0.5) is 5.69 Å². The molecular weight excluding hydrogens is 224 g/mol. The van der Waals surface area contributed by atoms with E-state index in [0.29, 0.717) is 0 Å². The Morgan fingerprint density at radius 1 is 1.17 bits per heavy atom. The minimum Gasteiger partial charge on any atom is -0.495 e. The summed E-state index contributed by atoms with van der Waals surface area (Å²) in [5.41, 5.74) is 1.17. The third kappa shape index (κ3) is 4.96. The molecule has 0 aliphatic heterocycles. The van der Waals surface area contributed by atoms with Crippen molar-refractivity contribution in [3.05, 3.63) is 24.3 Å². The number of benzene rings is 1. The van der Waals surface area contributed by atoms with Gasteiger partial charge in [0.1, 0.15) is 5.75 Å². The second kappa shape index (κ2) is 8.81. The summed E-state index contributed by atoms with van der Waals surface area (Å²) in [6.45, 7) is 5.51. The minimum atomic E-state index is 0.948. The van der Waals surface area contributed by atoms with Gasteiger partial charge in [0.15, 0.2) is 0 Å². The highest BCUT2D eigenvalue weighted by atomic mass is 16.5. The third-order valence-electron chi connectivity index (χ3n) is 3.02. The molecule has 0 atom stereocenters. The summed E-state index contributed by atoms with van der Waals surface area (Å²) in [4.78, 5) is 2.26. The number of nitrogens with one attached hydrogen (secondary N) is 1. The van der Waals surface area contributed by atoms with Crippen molar-refractivity contribution < 1.29 is 4.74 Å². The van der Waals surface area contributed by atoms with Gasteiger partial charge in [-0.2, -0.15) is 0 Å². The number of ether oxygens (including phenoxy) is 1. The Labute approximate surface area is 111 Å². The van der Waals surface area contributed by atoms with Crippen LogP contribution in [0.3, 0.4) is 0 Å². The lowest BCUT2D eigenvalue weighted by atomic mass is 10.2. The molecule has 0 amide bonds. The van der Waals surface area contributed by atoms with Crippen LogP contribution in [-0.4, -0.2) is 33.8 Å². The topological polar surface area (TPSA) is 24.5 Å². The molecule has 0 aliphatic rings. The lowest BCUT2D eigenvalue weighted by molar-refractivity contribution is 0.414. The molecule has 18 heavy (non-hydrogen) atoms. The van der Waals surface area contributed by atoms with Gasteiger partial charge < -0.3 is 15.0 Å². The first-order valence-electron chi connectivity index (χ1n) is 6.84. The monoisotopic (exact) mass is 250 g/mol. The van der Waals surface area contributed by atoms with Gasteiger partial charge in [0.25, 0.3) is 0 Å². The van der Waals surface area contributed by atoms with Crippen LogP contribution < -0.4 is 15.0 Å². The van der Waals surface area contributed by atoms with Gasteiger partial charge in [-0.1, -0.05) is 19.1 Å². The molecule has 0 unspecified atom stereocenters. The molecule has 0 aromatic heterocycles. The summed E-state index contributed by atoms with van der Waals surface area (Å²) in [7, 11) is 3.85. The van der Waals surface area contributed by atoms with Crippen molar-refractivity contribution in [2.75, 3.05) is 38.7 Å². The molecule has 3 heteroatoms. The van der Waals surface area contributed by atoms with E-state index in [9.17, 15) is 0 Å². The number of hydrogen-bond donors (Lipinski definition) is 1. The number of methoxy groups -OCH3 is 1. The summed E-state index contributed by atoms with van der Waals surface area (Å²) in [5.74, 6) is 0.948. The van der Waals surface area contributed by atoms with Crippen LogP contribution in [0.5, 0.6) is 5.75 Å². The van der Waals surface area contributed by atoms with Crippen molar-refractivity contribution >= 4 is 5.69 Å². The second-order valence-corrected chi connectivity index (χ2v) is 4.55. The molecule has 1 rings (SSSR count). The zero-order valence-electron chi connectivity index (χ0n) is 11.9. The Morgan fingerprint density at radius 2 is 1.94 bits per heavy atom. The van der Waals surface area contributed by atoms with Gasteiger partial charge in [-0.3, -0.25) is 0 Å². The smallest absolute Gasteiger partial charge is 0.142 e. The van der Waals surface area contributed by atoms with Crippen LogP contribution in [0, 0.1) is 0 Å². The molecular formula is C15H26N2O. The minimum absolute atomic E-state index is 0.948. The van der Waals surface area contributed by atoms with Crippen LogP contribution in [0.1, 0.15) is 26.2 Å². The first kappa shape index (κ1) is 14.8. The maximum atomic E-state index is 5.37. The molecule has 1 N–H and O–H groups in total. The highest BCUT2D eigenvalue weighted by Crippen LogP contribution is 2.26. The zero-order chi connectivity index (χ0) is 13.2. The molecule has 1 aromatic carbocycles. The van der Waals surface area contributed by atoms with Gasteiger partial charge >= 0.3 is 0 Å². The largest absolute Gasteiger partial charge is 0.495 e. The average molecular weight is 250 g/mol. The molecule has 102 valence electrons. The molecule has 0 spiro atoms. The lowest BCUT2D eigenvalue weighted by Crippen LogP contribution is -2.21. The van der Waals surface area contributed by atoms with E-state index in [1.165, 1.54) is 24.9 Å². The number of hydrogen-bond acceptors (Lipinski definition) is 3. The van der Waals surface area contributed by atoms with E-state index in [4.69, 9.17) is 4.74 Å². The normalized spacial score (nSPS) is 10.4. The van der Waals surface area contributed by atoms with Gasteiger partial charge in [0.05, 0.1) is 12.8 Å². The van der Waals surface area contributed by atoms with Crippen molar-refractivity contribution in [1.29, 1.82) is 0 Å². The number of unbranched alkanes of at least 4 members (excludes halogenated alkanes) is 1. The van der Waals surface area contributed by atoms with E-state index >= 15 is 0 Å². The predicted octanol–water partition coefficient (Wildman–Crippen LogP) is 2.91. The molecule has 3 nitrogen and oxygen atoms in total. The predicted molar refractivity (Wildman–Crippen MR) is 78.7 cm³/mol. The number of nitrogens with zero attached hydrogens (tertiary/aromatic N) is 1. The number of rotatable bonds is 9. The fourth-order valence-electron chi connectivity index (χ4n) is 1.97. The molecule has 0 saturated carbocycles. The van der Waals surface area contributed by atoms with E-state index in [1.54, 1.807) is 7.11 Å². The van der Waals surface area contributed by atoms with E-state index in [2.05, 4.69) is 36.3 Å². The fourth-order valence-corrected chi connectivity index (χ4v) is 1.97. The van der Waals surface area contributed by atoms with E-state index in [1.807, 2.05) is 12.1 Å². The van der Waals surface area contributed by atoms with Crippen LogP contribution in [0.15, 0.2) is 24.3 Å². The van der Waals surface area contributed by atoms with Crippen LogP contribution in [0.2, 0.25) is 0 Å². The summed E-state index contributed by atoms with van der Waals surface area (Å²) in [6, 6.07) is 8.17. The highest BCUT2D eigenvalue weighted by molar-refractivity contribution is 5.57. The maximum absolute atomic E-state index is 5.37. The van der Waals surface area contributed by atoms with Crippen LogP contribution in [0.25, 0.3) is 0 Å². The van der Waals surface area contributed by atoms with Crippen LogP contribution >= 0.6 is 0 Å². The van der Waals surface area contributed by atoms with Gasteiger partial charge in [-0.25, -0.2) is 0 Å². The average Bonchev–Trinajstić information content (AvgIpc) is 2.42. The van der Waals surface area contributed by atoms with Gasteiger partial charge in [0.2, 0.25) is 0 Å². The molecule has 0 saturated heterocycles. The van der Waals surface area contributed by atoms with E-state index < -0.39 is 0 Å². The molecule has 0 bridgehead atoms. The summed E-state index contributed by atoms with van der Waals surface area (Å²) >= 11 is 0. The van der Waals surface area contributed by atoms with Crippen molar-refractivity contribution in [1.82, 2.24) is 5.32 Å². The summed E-state index contributed by atoms with van der Waals surface area (Å²) < 4.78 is 5.37. The molecule has 0 aliphatic carbocycles.